The molecule has 0 spiro atoms. The number of hydrogen-bond acceptors (Lipinski definition) is 4. The van der Waals surface area contributed by atoms with Crippen molar-refractivity contribution in [3.8, 4) is 0 Å². The second-order valence-corrected chi connectivity index (χ2v) is 7.67. The molecule has 0 bridgehead atoms. The number of nitrogens with one attached hydrogen (secondary N) is 2. The largest absolute Gasteiger partial charge is 0.466 e. The van der Waals surface area contributed by atoms with Crippen LogP contribution in [0, 0.1) is 26.7 Å². The van der Waals surface area contributed by atoms with E-state index in [0.717, 1.165) is 18.4 Å². The van der Waals surface area contributed by atoms with Crippen LogP contribution in [-0.4, -0.2) is 11.8 Å². The summed E-state index contributed by atoms with van der Waals surface area (Å²) in [6, 6.07) is 1.95. The molecule has 5 nitrogen and oxygen atoms in total. The van der Waals surface area contributed by atoms with Gasteiger partial charge in [-0.05, 0) is 57.6 Å². The van der Waals surface area contributed by atoms with Crippen LogP contribution in [0.4, 0.5) is 0 Å². The molecule has 6 heteroatoms. The zero-order valence-electron chi connectivity index (χ0n) is 14.4. The molecule has 3 rings (SSSR count). The highest BCUT2D eigenvalue weighted by atomic mass is 32.1. The van der Waals surface area contributed by atoms with Crippen LogP contribution >= 0.6 is 11.3 Å². The third-order valence-electron chi connectivity index (χ3n) is 4.63. The van der Waals surface area contributed by atoms with Gasteiger partial charge in [0.05, 0.1) is 10.4 Å². The number of amides is 2. The molecule has 2 aromatic rings. The van der Waals surface area contributed by atoms with Gasteiger partial charge in [-0.25, -0.2) is 0 Å². The summed E-state index contributed by atoms with van der Waals surface area (Å²) >= 11 is 1.52. The first-order valence-corrected chi connectivity index (χ1v) is 8.97. The lowest BCUT2D eigenvalue weighted by Crippen LogP contribution is -2.41. The molecule has 2 heterocycles. The number of furan rings is 1. The van der Waals surface area contributed by atoms with E-state index < -0.39 is 0 Å². The first-order valence-electron chi connectivity index (χ1n) is 8.15. The van der Waals surface area contributed by atoms with E-state index in [1.807, 2.05) is 19.9 Å². The van der Waals surface area contributed by atoms with Gasteiger partial charge in [0.2, 0.25) is 0 Å². The zero-order chi connectivity index (χ0) is 17.4. The molecule has 2 amide bonds. The van der Waals surface area contributed by atoms with Gasteiger partial charge in [-0.3, -0.25) is 20.4 Å². The van der Waals surface area contributed by atoms with Crippen LogP contribution in [0.5, 0.6) is 0 Å². The van der Waals surface area contributed by atoms with Crippen molar-refractivity contribution in [2.45, 2.75) is 47.0 Å². The maximum absolute atomic E-state index is 12.3. The van der Waals surface area contributed by atoms with Gasteiger partial charge in [-0.15, -0.1) is 11.3 Å². The first-order chi connectivity index (χ1) is 11.4. The Balaban J connectivity index is 1.66. The quantitative estimate of drug-likeness (QED) is 0.818. The fourth-order valence-corrected chi connectivity index (χ4v) is 4.29. The standard InChI is InChI=1S/C18H22N2O3S/c1-9-5-6-14-13(7-9)8-15(24-14)17(21)19-20-18(22)16-10(2)11(3)23-12(16)4/h8-9H,5-7H2,1-4H3,(H,19,21)(H,20,22). The van der Waals surface area contributed by atoms with E-state index in [1.54, 1.807) is 6.92 Å². The van der Waals surface area contributed by atoms with Gasteiger partial charge < -0.3 is 4.42 Å². The number of hydrazine groups is 1. The molecule has 1 atom stereocenters. The predicted octanol–water partition coefficient (Wildman–Crippen LogP) is 3.47. The zero-order valence-corrected chi connectivity index (χ0v) is 15.2. The molecule has 0 aliphatic heterocycles. The maximum Gasteiger partial charge on any atom is 0.279 e. The van der Waals surface area contributed by atoms with Crippen molar-refractivity contribution < 1.29 is 14.0 Å². The fraction of sp³-hybridized carbons (Fsp3) is 0.444. The molecule has 0 radical (unpaired) electrons. The third kappa shape index (κ3) is 3.11. The molecule has 0 fully saturated rings. The van der Waals surface area contributed by atoms with E-state index in [0.29, 0.717) is 27.9 Å². The summed E-state index contributed by atoms with van der Waals surface area (Å²) in [5.74, 6) is 1.30. The van der Waals surface area contributed by atoms with Crippen molar-refractivity contribution in [3.63, 3.8) is 0 Å². The highest BCUT2D eigenvalue weighted by Crippen LogP contribution is 2.32. The lowest BCUT2D eigenvalue weighted by molar-refractivity contribution is 0.0847. The fourth-order valence-electron chi connectivity index (χ4n) is 3.18. The van der Waals surface area contributed by atoms with E-state index in [2.05, 4.69) is 17.8 Å². The van der Waals surface area contributed by atoms with E-state index >= 15 is 0 Å². The van der Waals surface area contributed by atoms with Crippen LogP contribution < -0.4 is 10.9 Å². The number of thiophene rings is 1. The summed E-state index contributed by atoms with van der Waals surface area (Å²) in [5, 5.41) is 0. The number of aryl methyl sites for hydroxylation is 3. The molecule has 1 aliphatic rings. The van der Waals surface area contributed by atoms with E-state index in [4.69, 9.17) is 4.42 Å². The average molecular weight is 346 g/mol. The summed E-state index contributed by atoms with van der Waals surface area (Å²) in [6.07, 6.45) is 3.23. The highest BCUT2D eigenvalue weighted by Gasteiger charge is 2.22. The van der Waals surface area contributed by atoms with Gasteiger partial charge in [-0.2, -0.15) is 0 Å². The van der Waals surface area contributed by atoms with Gasteiger partial charge in [0.25, 0.3) is 11.8 Å². The summed E-state index contributed by atoms with van der Waals surface area (Å²) in [4.78, 5) is 26.5. The smallest absolute Gasteiger partial charge is 0.279 e. The number of hydrogen-bond donors (Lipinski definition) is 2. The molecule has 1 aliphatic carbocycles. The Bertz CT molecular complexity index is 804. The lowest BCUT2D eigenvalue weighted by Gasteiger charge is -2.16. The van der Waals surface area contributed by atoms with Gasteiger partial charge in [0.1, 0.15) is 11.5 Å². The number of fused-ring (bicyclic) bond motifs is 1. The second kappa shape index (κ2) is 6.43. The van der Waals surface area contributed by atoms with Crippen molar-refractivity contribution >= 4 is 23.2 Å². The normalized spacial score (nSPS) is 16.6. The Morgan fingerprint density at radius 2 is 1.88 bits per heavy atom. The Labute approximate surface area is 145 Å². The van der Waals surface area contributed by atoms with Gasteiger partial charge in [-0.1, -0.05) is 6.92 Å². The first kappa shape index (κ1) is 16.8. The SMILES string of the molecule is Cc1oc(C)c(C(=O)NNC(=O)c2cc3c(s2)CCC(C)C3)c1C. The van der Waals surface area contributed by atoms with Crippen LogP contribution in [0.25, 0.3) is 0 Å². The van der Waals surface area contributed by atoms with Gasteiger partial charge in [0.15, 0.2) is 0 Å². The van der Waals surface area contributed by atoms with Crippen LogP contribution in [0.1, 0.15) is 60.9 Å². The van der Waals surface area contributed by atoms with Crippen molar-refractivity contribution in [2.24, 2.45) is 5.92 Å². The van der Waals surface area contributed by atoms with Crippen LogP contribution in [0.15, 0.2) is 10.5 Å². The van der Waals surface area contributed by atoms with Crippen molar-refractivity contribution in [1.29, 1.82) is 0 Å². The maximum atomic E-state index is 12.3. The lowest BCUT2D eigenvalue weighted by atomic mass is 9.90. The third-order valence-corrected chi connectivity index (χ3v) is 5.87. The molecular weight excluding hydrogens is 324 g/mol. The van der Waals surface area contributed by atoms with Crippen molar-refractivity contribution in [1.82, 2.24) is 10.9 Å². The summed E-state index contributed by atoms with van der Waals surface area (Å²) in [7, 11) is 0. The predicted molar refractivity (Wildman–Crippen MR) is 93.4 cm³/mol. The van der Waals surface area contributed by atoms with Crippen LogP contribution in [0.2, 0.25) is 0 Å². The van der Waals surface area contributed by atoms with Crippen molar-refractivity contribution in [3.05, 3.63) is 44.0 Å². The Morgan fingerprint density at radius 1 is 1.17 bits per heavy atom. The summed E-state index contributed by atoms with van der Waals surface area (Å²) < 4.78 is 5.45. The summed E-state index contributed by atoms with van der Waals surface area (Å²) in [5.41, 5.74) is 7.54. The Hall–Kier alpha value is -2.08. The van der Waals surface area contributed by atoms with Crippen molar-refractivity contribution in [2.75, 3.05) is 0 Å². The molecule has 128 valence electrons. The minimum Gasteiger partial charge on any atom is -0.466 e. The van der Waals surface area contributed by atoms with Gasteiger partial charge >= 0.3 is 0 Å². The Kier molecular flexibility index (Phi) is 4.49. The molecule has 2 aromatic heterocycles. The Morgan fingerprint density at radius 3 is 2.54 bits per heavy atom. The average Bonchev–Trinajstić information content (AvgIpc) is 3.05. The highest BCUT2D eigenvalue weighted by molar-refractivity contribution is 7.14. The molecule has 0 saturated carbocycles. The van der Waals surface area contributed by atoms with E-state index in [9.17, 15) is 9.59 Å². The molecule has 24 heavy (non-hydrogen) atoms. The van der Waals surface area contributed by atoms with Crippen LogP contribution in [-0.2, 0) is 12.8 Å². The monoisotopic (exact) mass is 346 g/mol. The number of rotatable bonds is 2. The number of carbonyl (C=O) groups is 2. The van der Waals surface area contributed by atoms with Gasteiger partial charge in [0, 0.05) is 10.4 Å². The summed E-state index contributed by atoms with van der Waals surface area (Å²) in [6.45, 7) is 7.62. The van der Waals surface area contributed by atoms with Crippen LogP contribution in [0.3, 0.4) is 0 Å². The molecule has 2 N–H and O–H groups in total. The molecule has 0 aromatic carbocycles. The van der Waals surface area contributed by atoms with E-state index in [-0.39, 0.29) is 11.8 Å². The molecule has 1 unspecified atom stereocenters. The minimum absolute atomic E-state index is 0.272. The molecular formula is C18H22N2O3S. The number of carbonyl (C=O) groups excluding carboxylic acids is 2. The van der Waals surface area contributed by atoms with E-state index in [1.165, 1.54) is 28.2 Å². The topological polar surface area (TPSA) is 71.3 Å². The second-order valence-electron chi connectivity index (χ2n) is 6.53. The molecule has 0 saturated heterocycles. The minimum atomic E-state index is -0.356.